The molecule has 0 fully saturated rings. The number of rotatable bonds is 4. The van der Waals surface area contributed by atoms with Gasteiger partial charge in [-0.15, -0.1) is 0 Å². The van der Waals surface area contributed by atoms with E-state index >= 15 is 0 Å². The van der Waals surface area contributed by atoms with E-state index in [9.17, 15) is 5.11 Å². The Hall–Kier alpha value is -1.32. The Morgan fingerprint density at radius 2 is 1.84 bits per heavy atom. The number of aryl methyl sites for hydroxylation is 1. The average molecular weight is 320 g/mol. The predicted octanol–water partition coefficient (Wildman–Crippen LogP) is 4.41. The average Bonchev–Trinajstić information content (AvgIpc) is 2.42. The molecule has 0 aliphatic carbocycles. The third-order valence-corrected chi connectivity index (χ3v) is 3.72. The number of aliphatic hydroxyl groups is 1. The van der Waals surface area contributed by atoms with Crippen LogP contribution in [0.2, 0.25) is 0 Å². The third-order valence-electron chi connectivity index (χ3n) is 3.23. The van der Waals surface area contributed by atoms with Crippen molar-refractivity contribution in [3.63, 3.8) is 0 Å². The molecule has 0 spiro atoms. The summed E-state index contributed by atoms with van der Waals surface area (Å²) in [5, 5.41) is 9.53. The highest BCUT2D eigenvalue weighted by molar-refractivity contribution is 9.10. The summed E-state index contributed by atoms with van der Waals surface area (Å²) in [4.78, 5) is 2.23. The lowest BCUT2D eigenvalue weighted by molar-refractivity contribution is 0.282. The summed E-state index contributed by atoms with van der Waals surface area (Å²) in [5.41, 5.74) is 4.40. The van der Waals surface area contributed by atoms with Gasteiger partial charge in [0.1, 0.15) is 0 Å². The highest BCUT2D eigenvalue weighted by Crippen LogP contribution is 2.32. The molecule has 3 heteroatoms. The van der Waals surface area contributed by atoms with Crippen molar-refractivity contribution in [2.75, 3.05) is 11.4 Å². The van der Waals surface area contributed by atoms with E-state index < -0.39 is 0 Å². The van der Waals surface area contributed by atoms with Gasteiger partial charge < -0.3 is 10.0 Å². The van der Waals surface area contributed by atoms with E-state index in [1.54, 1.807) is 0 Å². The quantitative estimate of drug-likeness (QED) is 0.902. The lowest BCUT2D eigenvalue weighted by Gasteiger charge is -2.27. The molecular formula is C16H18BrNO. The first-order valence-electron chi connectivity index (χ1n) is 6.39. The minimum absolute atomic E-state index is 0.0466. The van der Waals surface area contributed by atoms with E-state index in [0.29, 0.717) is 0 Å². The number of aliphatic hydroxyl groups excluding tert-OH is 1. The number of nitrogens with zero attached hydrogens (tertiary/aromatic N) is 1. The first kappa shape index (κ1) is 14.1. The highest BCUT2D eigenvalue weighted by atomic mass is 79.9. The summed E-state index contributed by atoms with van der Waals surface area (Å²) in [6.45, 7) is 5.13. The van der Waals surface area contributed by atoms with E-state index in [0.717, 1.165) is 22.3 Å². The molecule has 19 heavy (non-hydrogen) atoms. The Bertz CT molecular complexity index is 568. The molecule has 2 aromatic carbocycles. The summed E-state index contributed by atoms with van der Waals surface area (Å²) in [5.74, 6) is 0. The van der Waals surface area contributed by atoms with Crippen LogP contribution in [0.5, 0.6) is 0 Å². The van der Waals surface area contributed by atoms with E-state index in [1.165, 1.54) is 11.3 Å². The molecule has 2 nitrogen and oxygen atoms in total. The Morgan fingerprint density at radius 1 is 1.11 bits per heavy atom. The summed E-state index contributed by atoms with van der Waals surface area (Å²) < 4.78 is 1.02. The molecule has 2 rings (SSSR count). The number of para-hydroxylation sites is 1. The molecule has 100 valence electrons. The maximum absolute atomic E-state index is 9.53. The third kappa shape index (κ3) is 2.99. The number of hydrogen-bond donors (Lipinski definition) is 1. The number of benzene rings is 2. The molecule has 0 saturated heterocycles. The van der Waals surface area contributed by atoms with Gasteiger partial charge in [-0.3, -0.25) is 0 Å². The normalized spacial score (nSPS) is 10.5. The molecule has 2 aromatic rings. The molecule has 0 saturated carbocycles. The SMILES string of the molecule is CCN(c1ccccc1C)c1cc(Br)ccc1CO. The monoisotopic (exact) mass is 319 g/mol. The molecule has 0 unspecified atom stereocenters. The maximum Gasteiger partial charge on any atom is 0.0702 e. The molecular weight excluding hydrogens is 302 g/mol. The van der Waals surface area contributed by atoms with Gasteiger partial charge in [0.25, 0.3) is 0 Å². The van der Waals surface area contributed by atoms with Crippen LogP contribution < -0.4 is 4.90 Å². The first-order valence-corrected chi connectivity index (χ1v) is 7.19. The molecule has 0 aromatic heterocycles. The van der Waals surface area contributed by atoms with Crippen LogP contribution in [0, 0.1) is 6.92 Å². The van der Waals surface area contributed by atoms with Crippen LogP contribution in [0.25, 0.3) is 0 Å². The van der Waals surface area contributed by atoms with Crippen LogP contribution in [0.4, 0.5) is 11.4 Å². The van der Waals surface area contributed by atoms with Gasteiger partial charge in [-0.05, 0) is 37.6 Å². The van der Waals surface area contributed by atoms with Crippen molar-refractivity contribution in [2.24, 2.45) is 0 Å². The topological polar surface area (TPSA) is 23.5 Å². The van der Waals surface area contributed by atoms with Crippen LogP contribution in [-0.4, -0.2) is 11.7 Å². The largest absolute Gasteiger partial charge is 0.392 e. The fourth-order valence-electron chi connectivity index (χ4n) is 2.26. The number of hydrogen-bond acceptors (Lipinski definition) is 2. The second kappa shape index (κ2) is 6.22. The van der Waals surface area contributed by atoms with Crippen molar-refractivity contribution in [3.05, 3.63) is 58.1 Å². The zero-order chi connectivity index (χ0) is 13.8. The molecule has 0 radical (unpaired) electrons. The Balaban J connectivity index is 2.54. The molecule has 1 N–H and O–H groups in total. The molecule has 0 atom stereocenters. The summed E-state index contributed by atoms with van der Waals surface area (Å²) in [7, 11) is 0. The van der Waals surface area contributed by atoms with Crippen LogP contribution in [-0.2, 0) is 6.61 Å². The van der Waals surface area contributed by atoms with Gasteiger partial charge in [0, 0.05) is 28.0 Å². The Labute approximate surface area is 122 Å². The zero-order valence-electron chi connectivity index (χ0n) is 11.2. The molecule has 0 aliphatic heterocycles. The smallest absolute Gasteiger partial charge is 0.0702 e. The van der Waals surface area contributed by atoms with Crippen LogP contribution in [0.1, 0.15) is 18.1 Å². The van der Waals surface area contributed by atoms with E-state index in [2.05, 4.69) is 52.9 Å². The molecule has 0 amide bonds. The van der Waals surface area contributed by atoms with Crippen molar-refractivity contribution in [2.45, 2.75) is 20.5 Å². The summed E-state index contributed by atoms with van der Waals surface area (Å²) in [6.07, 6.45) is 0. The van der Waals surface area contributed by atoms with Gasteiger partial charge in [0.15, 0.2) is 0 Å². The molecule has 0 bridgehead atoms. The summed E-state index contributed by atoms with van der Waals surface area (Å²) in [6, 6.07) is 14.3. The number of halogens is 1. The fraction of sp³-hybridized carbons (Fsp3) is 0.250. The van der Waals surface area contributed by atoms with E-state index in [-0.39, 0.29) is 6.61 Å². The van der Waals surface area contributed by atoms with Gasteiger partial charge in [0.05, 0.1) is 6.61 Å². The Morgan fingerprint density at radius 3 is 2.47 bits per heavy atom. The van der Waals surface area contributed by atoms with Crippen molar-refractivity contribution in [1.82, 2.24) is 0 Å². The minimum Gasteiger partial charge on any atom is -0.392 e. The van der Waals surface area contributed by atoms with Crippen LogP contribution in [0.3, 0.4) is 0 Å². The second-order valence-corrected chi connectivity index (χ2v) is 5.38. The van der Waals surface area contributed by atoms with Gasteiger partial charge in [-0.1, -0.05) is 40.2 Å². The predicted molar refractivity (Wildman–Crippen MR) is 83.9 cm³/mol. The lowest BCUT2D eigenvalue weighted by Crippen LogP contribution is -2.18. The van der Waals surface area contributed by atoms with E-state index in [4.69, 9.17) is 0 Å². The van der Waals surface area contributed by atoms with Crippen molar-refractivity contribution in [1.29, 1.82) is 0 Å². The number of anilines is 2. The van der Waals surface area contributed by atoms with Crippen molar-refractivity contribution < 1.29 is 5.11 Å². The zero-order valence-corrected chi connectivity index (χ0v) is 12.8. The minimum atomic E-state index is 0.0466. The van der Waals surface area contributed by atoms with Crippen molar-refractivity contribution in [3.8, 4) is 0 Å². The van der Waals surface area contributed by atoms with Crippen LogP contribution in [0.15, 0.2) is 46.9 Å². The van der Waals surface area contributed by atoms with E-state index in [1.807, 2.05) is 24.3 Å². The lowest BCUT2D eigenvalue weighted by atomic mass is 10.1. The summed E-state index contributed by atoms with van der Waals surface area (Å²) >= 11 is 3.51. The maximum atomic E-state index is 9.53. The highest BCUT2D eigenvalue weighted by Gasteiger charge is 2.13. The van der Waals surface area contributed by atoms with Gasteiger partial charge >= 0.3 is 0 Å². The van der Waals surface area contributed by atoms with Gasteiger partial charge in [-0.25, -0.2) is 0 Å². The van der Waals surface area contributed by atoms with Gasteiger partial charge in [-0.2, -0.15) is 0 Å². The van der Waals surface area contributed by atoms with Gasteiger partial charge in [0.2, 0.25) is 0 Å². The Kier molecular flexibility index (Phi) is 4.61. The van der Waals surface area contributed by atoms with Crippen LogP contribution >= 0.6 is 15.9 Å². The van der Waals surface area contributed by atoms with Crippen molar-refractivity contribution >= 4 is 27.3 Å². The fourth-order valence-corrected chi connectivity index (χ4v) is 2.61. The molecule has 0 heterocycles. The second-order valence-electron chi connectivity index (χ2n) is 4.46. The first-order chi connectivity index (χ1) is 9.17. The standard InChI is InChI=1S/C16H18BrNO/c1-3-18(15-7-5-4-6-12(15)2)16-10-14(17)9-8-13(16)11-19/h4-10,19H,3,11H2,1-2H3. The molecule has 0 aliphatic rings.